The lowest BCUT2D eigenvalue weighted by Gasteiger charge is -2.28. The fraction of sp³-hybridized carbons (Fsp3) is 0.615. The highest BCUT2D eigenvalue weighted by atomic mass is 16.5. The number of hydrogen-bond acceptors (Lipinski definition) is 5. The molecule has 1 aromatic rings. The quantitative estimate of drug-likeness (QED) is 0.753. The zero-order valence-electron chi connectivity index (χ0n) is 11.4. The second-order valence-corrected chi connectivity index (χ2v) is 4.32. The smallest absolute Gasteiger partial charge is 0.127 e. The number of nitrogens with zero attached hydrogens (tertiary/aromatic N) is 2. The van der Waals surface area contributed by atoms with Gasteiger partial charge in [-0.2, -0.15) is 0 Å². The molecule has 0 saturated heterocycles. The van der Waals surface area contributed by atoms with Crippen molar-refractivity contribution in [2.75, 3.05) is 39.7 Å². The van der Waals surface area contributed by atoms with Crippen molar-refractivity contribution < 1.29 is 9.47 Å². The molecule has 1 rings (SSSR count). The summed E-state index contributed by atoms with van der Waals surface area (Å²) in [4.78, 5) is 6.38. The average molecular weight is 253 g/mol. The van der Waals surface area contributed by atoms with Gasteiger partial charge in [0.15, 0.2) is 0 Å². The summed E-state index contributed by atoms with van der Waals surface area (Å²) < 4.78 is 10.3. The van der Waals surface area contributed by atoms with E-state index in [0.29, 0.717) is 25.1 Å². The predicted molar refractivity (Wildman–Crippen MR) is 72.3 cm³/mol. The number of methoxy groups -OCH3 is 2. The third kappa shape index (κ3) is 4.60. The standard InChI is InChI=1S/C13H23N3O2/c1-11(10-18-3)16(7-8-17-2)9-12-5-4-6-15-13(12)14/h4-6,11H,7-10H2,1-3H3,(H2,14,15). The van der Waals surface area contributed by atoms with Crippen LogP contribution >= 0.6 is 0 Å². The molecular formula is C13H23N3O2. The fourth-order valence-electron chi connectivity index (χ4n) is 1.81. The molecule has 1 unspecified atom stereocenters. The van der Waals surface area contributed by atoms with Crippen LogP contribution in [0.3, 0.4) is 0 Å². The third-order valence-corrected chi connectivity index (χ3v) is 2.91. The van der Waals surface area contributed by atoms with E-state index in [9.17, 15) is 0 Å². The van der Waals surface area contributed by atoms with Gasteiger partial charge >= 0.3 is 0 Å². The molecule has 0 bridgehead atoms. The molecule has 0 aliphatic rings. The van der Waals surface area contributed by atoms with Crippen LogP contribution < -0.4 is 5.73 Å². The third-order valence-electron chi connectivity index (χ3n) is 2.91. The Bertz CT molecular complexity index is 347. The van der Waals surface area contributed by atoms with Crippen molar-refractivity contribution in [3.63, 3.8) is 0 Å². The maximum absolute atomic E-state index is 5.87. The molecule has 1 heterocycles. The number of rotatable bonds is 8. The highest BCUT2D eigenvalue weighted by Gasteiger charge is 2.15. The Morgan fingerprint density at radius 2 is 2.17 bits per heavy atom. The molecule has 102 valence electrons. The Kier molecular flexibility index (Phi) is 6.64. The first-order valence-electron chi connectivity index (χ1n) is 6.10. The van der Waals surface area contributed by atoms with Crippen LogP contribution in [0, 0.1) is 0 Å². The summed E-state index contributed by atoms with van der Waals surface area (Å²) in [6.07, 6.45) is 1.71. The maximum atomic E-state index is 5.87. The van der Waals surface area contributed by atoms with Crippen LogP contribution in [0.1, 0.15) is 12.5 Å². The monoisotopic (exact) mass is 253 g/mol. The predicted octanol–water partition coefficient (Wildman–Crippen LogP) is 1.15. The van der Waals surface area contributed by atoms with Crippen LogP contribution in [-0.2, 0) is 16.0 Å². The largest absolute Gasteiger partial charge is 0.383 e. The van der Waals surface area contributed by atoms with Gasteiger partial charge < -0.3 is 15.2 Å². The summed E-state index contributed by atoms with van der Waals surface area (Å²) in [5, 5.41) is 0. The van der Waals surface area contributed by atoms with Crippen molar-refractivity contribution in [2.24, 2.45) is 0 Å². The van der Waals surface area contributed by atoms with Crippen molar-refractivity contribution >= 4 is 5.82 Å². The molecule has 0 spiro atoms. The molecule has 1 aromatic heterocycles. The summed E-state index contributed by atoms with van der Waals surface area (Å²) in [5.41, 5.74) is 6.91. The Labute approximate surface area is 109 Å². The zero-order valence-corrected chi connectivity index (χ0v) is 11.4. The fourth-order valence-corrected chi connectivity index (χ4v) is 1.81. The molecule has 0 amide bonds. The van der Waals surface area contributed by atoms with E-state index in [4.69, 9.17) is 15.2 Å². The highest BCUT2D eigenvalue weighted by molar-refractivity contribution is 5.38. The molecule has 0 aliphatic heterocycles. The topological polar surface area (TPSA) is 60.6 Å². The van der Waals surface area contributed by atoms with Crippen molar-refractivity contribution in [3.8, 4) is 0 Å². The molecule has 18 heavy (non-hydrogen) atoms. The first kappa shape index (κ1) is 14.9. The number of nitrogens with two attached hydrogens (primary N) is 1. The molecule has 5 nitrogen and oxygen atoms in total. The van der Waals surface area contributed by atoms with Crippen molar-refractivity contribution in [3.05, 3.63) is 23.9 Å². The molecule has 0 aromatic carbocycles. The van der Waals surface area contributed by atoms with E-state index in [-0.39, 0.29) is 0 Å². The van der Waals surface area contributed by atoms with E-state index < -0.39 is 0 Å². The first-order chi connectivity index (χ1) is 8.69. The van der Waals surface area contributed by atoms with Crippen LogP contribution in [0.4, 0.5) is 5.82 Å². The Morgan fingerprint density at radius 3 is 2.78 bits per heavy atom. The molecule has 5 heteroatoms. The maximum Gasteiger partial charge on any atom is 0.127 e. The Morgan fingerprint density at radius 1 is 1.39 bits per heavy atom. The van der Waals surface area contributed by atoms with E-state index in [1.165, 1.54) is 0 Å². The second kappa shape index (κ2) is 8.02. The summed E-state index contributed by atoms with van der Waals surface area (Å²) >= 11 is 0. The first-order valence-corrected chi connectivity index (χ1v) is 6.10. The molecule has 0 radical (unpaired) electrons. The van der Waals surface area contributed by atoms with E-state index in [1.807, 2.05) is 12.1 Å². The minimum absolute atomic E-state index is 0.310. The van der Waals surface area contributed by atoms with Crippen LogP contribution in [0.2, 0.25) is 0 Å². The number of aromatic nitrogens is 1. The lowest BCUT2D eigenvalue weighted by molar-refractivity contribution is 0.0706. The van der Waals surface area contributed by atoms with Crippen LogP contribution in [0.5, 0.6) is 0 Å². The van der Waals surface area contributed by atoms with E-state index in [2.05, 4.69) is 16.8 Å². The highest BCUT2D eigenvalue weighted by Crippen LogP contribution is 2.13. The van der Waals surface area contributed by atoms with E-state index in [0.717, 1.165) is 18.7 Å². The molecule has 0 saturated carbocycles. The van der Waals surface area contributed by atoms with Crippen molar-refractivity contribution in [2.45, 2.75) is 19.5 Å². The van der Waals surface area contributed by atoms with Gasteiger partial charge in [-0.05, 0) is 13.0 Å². The van der Waals surface area contributed by atoms with Gasteiger partial charge in [-0.25, -0.2) is 4.98 Å². The van der Waals surface area contributed by atoms with Gasteiger partial charge in [-0.3, -0.25) is 4.90 Å². The SMILES string of the molecule is COCCN(Cc1cccnc1N)C(C)COC. The molecule has 1 atom stereocenters. The van der Waals surface area contributed by atoms with Gasteiger partial charge in [-0.15, -0.1) is 0 Å². The Hall–Kier alpha value is -1.17. The minimum Gasteiger partial charge on any atom is -0.383 e. The molecule has 0 fully saturated rings. The number of ether oxygens (including phenoxy) is 2. The minimum atomic E-state index is 0.310. The van der Waals surface area contributed by atoms with Gasteiger partial charge in [0.05, 0.1) is 13.2 Å². The van der Waals surface area contributed by atoms with Crippen molar-refractivity contribution in [1.82, 2.24) is 9.88 Å². The average Bonchev–Trinajstić information content (AvgIpc) is 2.36. The van der Waals surface area contributed by atoms with Crippen LogP contribution in [0.15, 0.2) is 18.3 Å². The van der Waals surface area contributed by atoms with Gasteiger partial charge in [-0.1, -0.05) is 6.07 Å². The van der Waals surface area contributed by atoms with E-state index >= 15 is 0 Å². The van der Waals surface area contributed by atoms with Crippen LogP contribution in [0.25, 0.3) is 0 Å². The molecule has 0 aliphatic carbocycles. The second-order valence-electron chi connectivity index (χ2n) is 4.32. The summed E-state index contributed by atoms with van der Waals surface area (Å²) in [6, 6.07) is 4.22. The summed E-state index contributed by atoms with van der Waals surface area (Å²) in [6.45, 7) is 5.10. The van der Waals surface area contributed by atoms with Gasteiger partial charge in [0.25, 0.3) is 0 Å². The number of pyridine rings is 1. The molecular weight excluding hydrogens is 230 g/mol. The zero-order chi connectivity index (χ0) is 13.4. The Balaban J connectivity index is 2.68. The van der Waals surface area contributed by atoms with Gasteiger partial charge in [0.1, 0.15) is 5.82 Å². The molecule has 2 N–H and O–H groups in total. The lowest BCUT2D eigenvalue weighted by atomic mass is 10.2. The van der Waals surface area contributed by atoms with E-state index in [1.54, 1.807) is 20.4 Å². The number of hydrogen-bond donors (Lipinski definition) is 1. The van der Waals surface area contributed by atoms with Crippen molar-refractivity contribution in [1.29, 1.82) is 0 Å². The number of anilines is 1. The normalized spacial score (nSPS) is 12.9. The lowest BCUT2D eigenvalue weighted by Crippen LogP contribution is -2.38. The van der Waals surface area contributed by atoms with Gasteiger partial charge in [0, 0.05) is 45.1 Å². The summed E-state index contributed by atoms with van der Waals surface area (Å²) in [7, 11) is 3.42. The van der Waals surface area contributed by atoms with Crippen LogP contribution in [-0.4, -0.2) is 49.9 Å². The number of nitrogen functional groups attached to an aromatic ring is 1. The summed E-state index contributed by atoms with van der Waals surface area (Å²) in [5.74, 6) is 0.588. The van der Waals surface area contributed by atoms with Gasteiger partial charge in [0.2, 0.25) is 0 Å².